The summed E-state index contributed by atoms with van der Waals surface area (Å²) in [4.78, 5) is 40.0. The summed E-state index contributed by atoms with van der Waals surface area (Å²) < 4.78 is 0. The lowest BCUT2D eigenvalue weighted by atomic mass is 9.93. The van der Waals surface area contributed by atoms with Crippen molar-refractivity contribution in [3.8, 4) is 0 Å². The summed E-state index contributed by atoms with van der Waals surface area (Å²) in [6.07, 6.45) is 0. The molecule has 1 saturated heterocycles. The van der Waals surface area contributed by atoms with Crippen molar-refractivity contribution in [1.82, 2.24) is 9.80 Å². The van der Waals surface area contributed by atoms with E-state index in [0.29, 0.717) is 24.3 Å². The van der Waals surface area contributed by atoms with Gasteiger partial charge in [-0.15, -0.1) is 0 Å². The number of amides is 4. The molecule has 26 heavy (non-hydrogen) atoms. The lowest BCUT2D eigenvalue weighted by molar-refractivity contribution is -0.143. The number of carbonyl (C=O) groups is 3. The molecule has 142 valence electrons. The Labute approximate surface area is 154 Å². The van der Waals surface area contributed by atoms with Gasteiger partial charge in [-0.2, -0.15) is 0 Å². The van der Waals surface area contributed by atoms with E-state index in [1.165, 1.54) is 0 Å². The van der Waals surface area contributed by atoms with Gasteiger partial charge in [0.05, 0.1) is 0 Å². The Morgan fingerprint density at radius 1 is 1.04 bits per heavy atom. The monoisotopic (exact) mass is 360 g/mol. The quantitative estimate of drug-likeness (QED) is 0.847. The van der Waals surface area contributed by atoms with Gasteiger partial charge >= 0.3 is 6.03 Å². The topological polar surface area (TPSA) is 95.7 Å². The number of benzene rings is 1. The number of hydrogen-bond acceptors (Lipinski definition) is 3. The van der Waals surface area contributed by atoms with Gasteiger partial charge in [0, 0.05) is 41.8 Å². The number of hydrogen-bond donors (Lipinski definition) is 2. The van der Waals surface area contributed by atoms with Crippen LogP contribution in [-0.4, -0.2) is 52.8 Å². The van der Waals surface area contributed by atoms with Crippen LogP contribution < -0.4 is 11.1 Å². The van der Waals surface area contributed by atoms with E-state index < -0.39 is 11.4 Å². The van der Waals surface area contributed by atoms with Crippen molar-refractivity contribution in [2.45, 2.75) is 46.7 Å². The molecule has 2 atom stereocenters. The van der Waals surface area contributed by atoms with Gasteiger partial charge in [-0.1, -0.05) is 20.8 Å². The molecule has 1 aliphatic heterocycles. The van der Waals surface area contributed by atoms with Crippen LogP contribution in [0.25, 0.3) is 0 Å². The fraction of sp³-hybridized carbons (Fsp3) is 0.526. The lowest BCUT2D eigenvalue weighted by Gasteiger charge is -2.46. The van der Waals surface area contributed by atoms with E-state index in [1.54, 1.807) is 24.3 Å². The van der Waals surface area contributed by atoms with Crippen LogP contribution in [0, 0.1) is 5.41 Å². The zero-order valence-electron chi connectivity index (χ0n) is 16.1. The number of nitrogens with one attached hydrogen (secondary N) is 1. The Morgan fingerprint density at radius 3 is 1.96 bits per heavy atom. The van der Waals surface area contributed by atoms with Crippen LogP contribution in [0.4, 0.5) is 10.5 Å². The first-order valence-electron chi connectivity index (χ1n) is 8.79. The maximum absolute atomic E-state index is 12.9. The van der Waals surface area contributed by atoms with Crippen molar-refractivity contribution in [2.75, 3.05) is 18.4 Å². The van der Waals surface area contributed by atoms with Crippen LogP contribution in [0.1, 0.15) is 45.0 Å². The minimum absolute atomic E-state index is 0.0824. The molecule has 7 nitrogen and oxygen atoms in total. The molecule has 1 heterocycles. The maximum Gasteiger partial charge on any atom is 0.316 e. The molecule has 3 N–H and O–H groups in total. The molecule has 1 aliphatic rings. The molecule has 0 aromatic heterocycles. The second-order valence-electron chi connectivity index (χ2n) is 7.94. The average Bonchev–Trinajstić information content (AvgIpc) is 2.52. The van der Waals surface area contributed by atoms with Gasteiger partial charge in [-0.05, 0) is 38.1 Å². The summed E-state index contributed by atoms with van der Waals surface area (Å²) in [7, 11) is 0. The largest absolute Gasteiger partial charge is 0.351 e. The SMILES string of the molecule is C[C@@H]1CN(C(=O)C(C)(C)C)C[C@@H](C)N1C(=O)c1ccc(NC(N)=O)cc1. The second kappa shape index (κ2) is 7.35. The molecule has 4 amide bonds. The highest BCUT2D eigenvalue weighted by molar-refractivity contribution is 5.96. The summed E-state index contributed by atoms with van der Waals surface area (Å²) in [5.74, 6) is 0.0173. The van der Waals surface area contributed by atoms with Crippen LogP contribution in [0.15, 0.2) is 24.3 Å². The van der Waals surface area contributed by atoms with Crippen LogP contribution in [0.2, 0.25) is 0 Å². The molecule has 2 rings (SSSR count). The Hall–Kier alpha value is -2.57. The van der Waals surface area contributed by atoms with E-state index in [2.05, 4.69) is 5.32 Å². The third-order valence-electron chi connectivity index (χ3n) is 4.48. The van der Waals surface area contributed by atoms with Crippen LogP contribution >= 0.6 is 0 Å². The second-order valence-corrected chi connectivity index (χ2v) is 7.94. The molecule has 1 aromatic carbocycles. The zero-order chi connectivity index (χ0) is 19.6. The molecule has 1 aromatic rings. The molecule has 0 spiro atoms. The van der Waals surface area contributed by atoms with Gasteiger partial charge in [0.1, 0.15) is 0 Å². The number of nitrogens with zero attached hydrogens (tertiary/aromatic N) is 2. The first-order valence-corrected chi connectivity index (χ1v) is 8.79. The predicted octanol–water partition coefficient (Wildman–Crippen LogP) is 2.28. The fourth-order valence-corrected chi connectivity index (χ4v) is 3.35. The normalized spacial score (nSPS) is 20.7. The third-order valence-corrected chi connectivity index (χ3v) is 4.48. The number of primary amides is 1. The number of anilines is 1. The number of nitrogens with two attached hydrogens (primary N) is 1. The molecule has 0 aliphatic carbocycles. The smallest absolute Gasteiger partial charge is 0.316 e. The molecule has 7 heteroatoms. The Kier molecular flexibility index (Phi) is 5.59. The summed E-state index contributed by atoms with van der Waals surface area (Å²) >= 11 is 0. The van der Waals surface area contributed by atoms with E-state index in [9.17, 15) is 14.4 Å². The number of piperazine rings is 1. The van der Waals surface area contributed by atoms with E-state index in [-0.39, 0.29) is 23.9 Å². The minimum atomic E-state index is -0.647. The summed E-state index contributed by atoms with van der Waals surface area (Å²) in [6.45, 7) is 10.7. The average molecular weight is 360 g/mol. The van der Waals surface area contributed by atoms with E-state index in [1.807, 2.05) is 44.4 Å². The Balaban J connectivity index is 2.12. The van der Waals surface area contributed by atoms with Gasteiger partial charge < -0.3 is 20.9 Å². The van der Waals surface area contributed by atoms with Gasteiger partial charge in [-0.3, -0.25) is 9.59 Å². The first kappa shape index (κ1) is 19.8. The fourth-order valence-electron chi connectivity index (χ4n) is 3.35. The standard InChI is InChI=1S/C19H28N4O3/c1-12-10-22(17(25)19(3,4)5)11-13(2)23(12)16(24)14-6-8-15(9-7-14)21-18(20)26/h6-9,12-13H,10-11H2,1-5H3,(H3,20,21,26)/t12-,13-/m1/s1. The minimum Gasteiger partial charge on any atom is -0.351 e. The highest BCUT2D eigenvalue weighted by Gasteiger charge is 2.38. The predicted molar refractivity (Wildman–Crippen MR) is 101 cm³/mol. The van der Waals surface area contributed by atoms with E-state index >= 15 is 0 Å². The van der Waals surface area contributed by atoms with E-state index in [4.69, 9.17) is 5.73 Å². The lowest BCUT2D eigenvalue weighted by Crippen LogP contribution is -2.61. The summed E-state index contributed by atoms with van der Waals surface area (Å²) in [6, 6.07) is 5.81. The van der Waals surface area contributed by atoms with Crippen LogP contribution in [0.5, 0.6) is 0 Å². The van der Waals surface area contributed by atoms with Crippen molar-refractivity contribution >= 4 is 23.5 Å². The number of urea groups is 1. The Morgan fingerprint density at radius 2 is 1.54 bits per heavy atom. The summed E-state index contributed by atoms with van der Waals surface area (Å²) in [5, 5.41) is 2.47. The Bertz CT molecular complexity index is 682. The molecular weight excluding hydrogens is 332 g/mol. The van der Waals surface area contributed by atoms with Crippen molar-refractivity contribution < 1.29 is 14.4 Å². The van der Waals surface area contributed by atoms with Gasteiger partial charge in [0.15, 0.2) is 0 Å². The zero-order valence-corrected chi connectivity index (χ0v) is 16.1. The molecular formula is C19H28N4O3. The number of carbonyl (C=O) groups excluding carboxylic acids is 3. The van der Waals surface area contributed by atoms with Crippen molar-refractivity contribution in [1.29, 1.82) is 0 Å². The van der Waals surface area contributed by atoms with Gasteiger partial charge in [0.2, 0.25) is 5.91 Å². The first-order chi connectivity index (χ1) is 12.0. The summed E-state index contributed by atoms with van der Waals surface area (Å²) in [5.41, 5.74) is 5.72. The molecule has 0 saturated carbocycles. The molecule has 1 fully saturated rings. The van der Waals surface area contributed by atoms with Crippen molar-refractivity contribution in [3.63, 3.8) is 0 Å². The van der Waals surface area contributed by atoms with Crippen molar-refractivity contribution in [2.24, 2.45) is 11.1 Å². The highest BCUT2D eigenvalue weighted by atomic mass is 16.2. The van der Waals surface area contributed by atoms with Crippen molar-refractivity contribution in [3.05, 3.63) is 29.8 Å². The third kappa shape index (κ3) is 4.33. The van der Waals surface area contributed by atoms with Gasteiger partial charge in [-0.25, -0.2) is 4.79 Å². The number of rotatable bonds is 2. The van der Waals surface area contributed by atoms with Gasteiger partial charge in [0.25, 0.3) is 5.91 Å². The maximum atomic E-state index is 12.9. The molecule has 0 bridgehead atoms. The molecule has 0 unspecified atom stereocenters. The van der Waals surface area contributed by atoms with E-state index in [0.717, 1.165) is 0 Å². The van der Waals surface area contributed by atoms with Crippen LogP contribution in [0.3, 0.4) is 0 Å². The van der Waals surface area contributed by atoms with Crippen LogP contribution in [-0.2, 0) is 4.79 Å². The molecule has 0 radical (unpaired) electrons. The highest BCUT2D eigenvalue weighted by Crippen LogP contribution is 2.24.